The summed E-state index contributed by atoms with van der Waals surface area (Å²) in [6, 6.07) is 37.1. The van der Waals surface area contributed by atoms with E-state index in [4.69, 9.17) is 15.2 Å². The summed E-state index contributed by atoms with van der Waals surface area (Å²) in [7, 11) is -7.13. The third-order valence-electron chi connectivity index (χ3n) is 12.8. The van der Waals surface area contributed by atoms with Crippen LogP contribution in [0.4, 0.5) is 5.95 Å². The molecular formula is C54H73N9O7P2. The molecule has 6 N–H and O–H groups in total. The first kappa shape index (κ1) is 55.6. The lowest BCUT2D eigenvalue weighted by Crippen LogP contribution is -2.47. The van der Waals surface area contributed by atoms with Gasteiger partial charge in [-0.05, 0) is 74.1 Å². The summed E-state index contributed by atoms with van der Waals surface area (Å²) in [5, 5.41) is 10.2. The molecule has 0 saturated carbocycles. The van der Waals surface area contributed by atoms with Gasteiger partial charge in [0.1, 0.15) is 19.4 Å². The minimum Gasteiger partial charge on any atom is -0.465 e. The molecule has 0 saturated heterocycles. The zero-order valence-electron chi connectivity index (χ0n) is 42.2. The number of aromatic amines is 1. The Morgan fingerprint density at radius 1 is 0.667 bits per heavy atom. The molecule has 386 valence electrons. The van der Waals surface area contributed by atoms with Gasteiger partial charge >= 0.3 is 11.9 Å². The van der Waals surface area contributed by atoms with Crippen molar-refractivity contribution in [2.45, 2.75) is 90.9 Å². The lowest BCUT2D eigenvalue weighted by Gasteiger charge is -2.33. The van der Waals surface area contributed by atoms with Crippen LogP contribution in [0.25, 0.3) is 11.2 Å². The van der Waals surface area contributed by atoms with Gasteiger partial charge in [-0.15, -0.1) is 0 Å². The van der Waals surface area contributed by atoms with E-state index >= 15 is 9.13 Å². The fourth-order valence-electron chi connectivity index (χ4n) is 8.95. The Labute approximate surface area is 424 Å². The Bertz CT molecular complexity index is 2620. The van der Waals surface area contributed by atoms with Crippen molar-refractivity contribution in [2.75, 3.05) is 57.1 Å². The number of nitrogens with zero attached hydrogens (tertiary/aromatic N) is 4. The summed E-state index contributed by atoms with van der Waals surface area (Å²) in [4.78, 5) is 53.8. The van der Waals surface area contributed by atoms with Crippen molar-refractivity contribution in [3.63, 3.8) is 0 Å². The number of carbonyl (C=O) groups is 2. The lowest BCUT2D eigenvalue weighted by atomic mass is 9.99. The molecule has 2 aromatic heterocycles. The van der Waals surface area contributed by atoms with Crippen molar-refractivity contribution < 1.29 is 28.2 Å². The number of imidazole rings is 1. The van der Waals surface area contributed by atoms with Gasteiger partial charge in [-0.25, -0.2) is 15.2 Å². The Morgan fingerprint density at radius 3 is 1.64 bits per heavy atom. The van der Waals surface area contributed by atoms with Crippen LogP contribution in [-0.4, -0.2) is 106 Å². The zero-order chi connectivity index (χ0) is 51.4. The number of nitrogens with two attached hydrogens (primary N) is 1. The number of fused-ring (bicyclic) bond motifs is 1. The number of H-pyrrole nitrogens is 1. The van der Waals surface area contributed by atoms with Crippen LogP contribution >= 0.6 is 14.7 Å². The van der Waals surface area contributed by atoms with Gasteiger partial charge in [0.05, 0.1) is 19.5 Å². The van der Waals surface area contributed by atoms with Crippen LogP contribution in [0.3, 0.4) is 0 Å². The third-order valence-corrected chi connectivity index (χ3v) is 18.0. The van der Waals surface area contributed by atoms with Crippen molar-refractivity contribution in [3.05, 3.63) is 160 Å². The molecule has 0 aliphatic carbocycles. The summed E-state index contributed by atoms with van der Waals surface area (Å²) in [5.41, 5.74) is 9.96. The minimum atomic E-state index is -3.97. The summed E-state index contributed by atoms with van der Waals surface area (Å²) in [6.07, 6.45) is 5.65. The summed E-state index contributed by atoms with van der Waals surface area (Å²) in [5.74, 6) is -1.09. The maximum Gasteiger partial charge on any atom is 0.323 e. The van der Waals surface area contributed by atoms with Gasteiger partial charge in [0.15, 0.2) is 11.2 Å². The largest absolute Gasteiger partial charge is 0.465 e. The predicted octanol–water partition coefficient (Wildman–Crippen LogP) is 7.88. The highest BCUT2D eigenvalue weighted by Crippen LogP contribution is 2.46. The van der Waals surface area contributed by atoms with Crippen LogP contribution in [0.2, 0.25) is 0 Å². The predicted molar refractivity (Wildman–Crippen MR) is 288 cm³/mol. The van der Waals surface area contributed by atoms with Crippen LogP contribution in [0.15, 0.2) is 132 Å². The van der Waals surface area contributed by atoms with Crippen molar-refractivity contribution in [3.8, 4) is 0 Å². The van der Waals surface area contributed by atoms with Gasteiger partial charge in [-0.1, -0.05) is 142 Å². The van der Waals surface area contributed by atoms with Crippen molar-refractivity contribution in [1.82, 2.24) is 39.7 Å². The van der Waals surface area contributed by atoms with Crippen LogP contribution in [0.1, 0.15) is 62.8 Å². The molecule has 16 nitrogen and oxygen atoms in total. The molecule has 2 heterocycles. The maximum absolute atomic E-state index is 15.9. The second-order valence-corrected chi connectivity index (χ2v) is 23.6. The van der Waals surface area contributed by atoms with Crippen molar-refractivity contribution >= 4 is 43.8 Å². The molecule has 1 unspecified atom stereocenters. The van der Waals surface area contributed by atoms with E-state index in [0.717, 1.165) is 36.0 Å². The number of hydrogen-bond acceptors (Lipinski definition) is 11. The molecule has 0 bridgehead atoms. The van der Waals surface area contributed by atoms with Crippen molar-refractivity contribution in [1.29, 1.82) is 0 Å². The summed E-state index contributed by atoms with van der Waals surface area (Å²) < 4.78 is 44.6. The van der Waals surface area contributed by atoms with E-state index in [1.165, 1.54) is 11.9 Å². The Hall–Kier alpha value is -5.73. The van der Waals surface area contributed by atoms with Gasteiger partial charge in [0.25, 0.3) is 5.56 Å². The molecule has 0 aliphatic heterocycles. The van der Waals surface area contributed by atoms with Crippen LogP contribution in [0, 0.1) is 5.92 Å². The first-order valence-corrected chi connectivity index (χ1v) is 29.2. The molecule has 6 aromatic rings. The second-order valence-electron chi connectivity index (χ2n) is 18.3. The summed E-state index contributed by atoms with van der Waals surface area (Å²) in [6.45, 7) is 9.03. The van der Waals surface area contributed by atoms with Gasteiger partial charge < -0.3 is 29.2 Å². The number of anilines is 1. The molecule has 4 aromatic carbocycles. The van der Waals surface area contributed by atoms with Crippen molar-refractivity contribution in [2.24, 2.45) is 5.92 Å². The smallest absolute Gasteiger partial charge is 0.323 e. The zero-order valence-corrected chi connectivity index (χ0v) is 43.9. The Kier molecular flexibility index (Phi) is 21.6. The average Bonchev–Trinajstić information content (AvgIpc) is 3.79. The fourth-order valence-corrected chi connectivity index (χ4v) is 14.4. The van der Waals surface area contributed by atoms with E-state index in [9.17, 15) is 14.4 Å². The highest BCUT2D eigenvalue weighted by Gasteiger charge is 2.36. The molecule has 0 fully saturated rings. The molecule has 18 heteroatoms. The molecule has 0 amide bonds. The lowest BCUT2D eigenvalue weighted by molar-refractivity contribution is -0.145. The van der Waals surface area contributed by atoms with Gasteiger partial charge in [0.2, 0.25) is 13.4 Å². The van der Waals surface area contributed by atoms with Crippen LogP contribution in [-0.2, 0) is 60.4 Å². The number of rotatable bonds is 31. The SMILES string of the molecule is CCOC(=O)[C@H](Cc1ccccc1)NP(=O)(CCN(CCn1cnc2c(=O)[nH]c(N)nc21)CCP(=O)(C[C@H](CC)Cc1ccccc1)N[C@@H](CC)Cc1ccccc1)N[C@@H](Cc1ccccc1)C(=O)OCC. The molecule has 0 spiro atoms. The number of ether oxygens (including phenoxy) is 2. The third kappa shape index (κ3) is 17.2. The van der Waals surface area contributed by atoms with Gasteiger partial charge in [-0.2, -0.15) is 4.98 Å². The Balaban J connectivity index is 1.36. The molecule has 0 radical (unpaired) electrons. The topological polar surface area (TPSA) is 216 Å². The van der Waals surface area contributed by atoms with E-state index in [2.05, 4.69) is 73.2 Å². The number of nitrogens with one attached hydrogen (secondary N) is 4. The fraction of sp³-hybridized carbons (Fsp3) is 0.426. The molecular weight excluding hydrogens is 949 g/mol. The average molecular weight is 1020 g/mol. The van der Waals surface area contributed by atoms with Crippen LogP contribution < -0.4 is 26.6 Å². The number of nitrogen functional groups attached to an aromatic ring is 1. The number of aromatic nitrogens is 4. The molecule has 72 heavy (non-hydrogen) atoms. The van der Waals surface area contributed by atoms with E-state index < -0.39 is 44.3 Å². The van der Waals surface area contributed by atoms with Gasteiger partial charge in [0, 0.05) is 50.7 Å². The van der Waals surface area contributed by atoms with E-state index in [1.807, 2.05) is 97.1 Å². The standard InChI is InChI=1S/C54H73N9O7P2/c1-5-41(35-42-21-13-9-14-22-42)39-71(67,59-46(6-2)36-43-23-15-10-16-24-43)33-31-62(29-30-63-40-56-49-50(63)57-54(55)58-51(49)64)32-34-72(68,60-47(52(65)69-7-3)37-44-25-17-11-18-26-44)61-48(53(66)70-8-4)38-45-27-19-12-20-28-45/h9-28,40-41,46-48H,5-8,29-39H2,1-4H3,(H,59,67)(H2,60,61,68)(H3,55,57,58,64)/t41-,46+,47+,48+,71?/m1/s1. The maximum atomic E-state index is 15.9. The van der Waals surface area contributed by atoms with E-state index in [-0.39, 0.29) is 62.2 Å². The number of benzene rings is 4. The highest BCUT2D eigenvalue weighted by atomic mass is 31.2. The van der Waals surface area contributed by atoms with E-state index in [1.54, 1.807) is 18.4 Å². The monoisotopic (exact) mass is 1020 g/mol. The summed E-state index contributed by atoms with van der Waals surface area (Å²) >= 11 is 0. The first-order chi connectivity index (χ1) is 34.8. The highest BCUT2D eigenvalue weighted by molar-refractivity contribution is 7.62. The molecule has 5 atom stereocenters. The molecule has 6 rings (SSSR count). The quantitative estimate of drug-likeness (QED) is 0.0207. The molecule has 0 aliphatic rings. The Morgan fingerprint density at radius 2 is 1.15 bits per heavy atom. The minimum absolute atomic E-state index is 0.0449. The first-order valence-electron chi connectivity index (χ1n) is 25.2. The number of carbonyl (C=O) groups excluding carboxylic acids is 2. The second kappa shape index (κ2) is 27.9. The number of esters is 2. The van der Waals surface area contributed by atoms with E-state index in [0.29, 0.717) is 44.0 Å². The van der Waals surface area contributed by atoms with Gasteiger partial charge in [-0.3, -0.25) is 29.0 Å². The normalized spacial score (nSPS) is 14.3. The van der Waals surface area contributed by atoms with Crippen LogP contribution in [0.5, 0.6) is 0 Å². The number of hydrogen-bond donors (Lipinski definition) is 5.